The van der Waals surface area contributed by atoms with Gasteiger partial charge >= 0.3 is 0 Å². The summed E-state index contributed by atoms with van der Waals surface area (Å²) in [5.74, 6) is -0.224. The molecule has 0 aliphatic rings. The fraction of sp³-hybridized carbons (Fsp3) is 0.333. The van der Waals surface area contributed by atoms with E-state index in [4.69, 9.17) is 16.3 Å². The molecule has 3 rings (SSSR count). The maximum atomic E-state index is 14.0. The number of ether oxygens (including phenoxy) is 1. The zero-order chi connectivity index (χ0) is 29.3. The minimum Gasteiger partial charge on any atom is -0.494 e. The van der Waals surface area contributed by atoms with E-state index in [0.29, 0.717) is 30.3 Å². The predicted octanol–water partition coefficient (Wildman–Crippen LogP) is 5.19. The summed E-state index contributed by atoms with van der Waals surface area (Å²) in [5, 5.41) is 3.19. The first-order chi connectivity index (χ1) is 19.1. The molecular formula is C30H36ClN3O5S. The molecule has 0 fully saturated rings. The van der Waals surface area contributed by atoms with Crippen LogP contribution in [0.5, 0.6) is 5.75 Å². The van der Waals surface area contributed by atoms with Crippen molar-refractivity contribution in [2.45, 2.75) is 51.6 Å². The topological polar surface area (TPSA) is 96.0 Å². The molecule has 214 valence electrons. The Morgan fingerprint density at radius 3 is 2.17 bits per heavy atom. The van der Waals surface area contributed by atoms with Crippen LogP contribution in [-0.2, 0) is 26.2 Å². The Balaban J connectivity index is 2.07. The summed E-state index contributed by atoms with van der Waals surface area (Å²) in [6, 6.07) is 19.1. The number of aryl methyl sites for hydroxylation is 1. The summed E-state index contributed by atoms with van der Waals surface area (Å²) in [7, 11) is -4.18. The van der Waals surface area contributed by atoms with Crippen molar-refractivity contribution in [1.29, 1.82) is 0 Å². The van der Waals surface area contributed by atoms with Gasteiger partial charge in [-0.15, -0.1) is 0 Å². The van der Waals surface area contributed by atoms with Gasteiger partial charge in [-0.1, -0.05) is 42.8 Å². The number of rotatable bonds is 13. The van der Waals surface area contributed by atoms with Crippen molar-refractivity contribution in [1.82, 2.24) is 10.2 Å². The first kappa shape index (κ1) is 31.0. The van der Waals surface area contributed by atoms with Crippen molar-refractivity contribution in [3.8, 4) is 5.75 Å². The molecule has 0 aromatic heterocycles. The van der Waals surface area contributed by atoms with Gasteiger partial charge in [0, 0.05) is 18.1 Å². The lowest BCUT2D eigenvalue weighted by molar-refractivity contribution is -0.140. The number of hydrogen-bond donors (Lipinski definition) is 1. The Morgan fingerprint density at radius 1 is 0.950 bits per heavy atom. The van der Waals surface area contributed by atoms with Crippen molar-refractivity contribution in [3.05, 3.63) is 88.9 Å². The number of hydrogen-bond acceptors (Lipinski definition) is 5. The molecule has 10 heteroatoms. The fourth-order valence-corrected chi connectivity index (χ4v) is 5.86. The van der Waals surface area contributed by atoms with Crippen LogP contribution in [0.3, 0.4) is 0 Å². The van der Waals surface area contributed by atoms with E-state index in [9.17, 15) is 18.0 Å². The monoisotopic (exact) mass is 585 g/mol. The summed E-state index contributed by atoms with van der Waals surface area (Å²) >= 11 is 6.01. The molecule has 0 saturated heterocycles. The van der Waals surface area contributed by atoms with E-state index in [1.165, 1.54) is 29.2 Å². The van der Waals surface area contributed by atoms with Gasteiger partial charge in [0.2, 0.25) is 11.8 Å². The summed E-state index contributed by atoms with van der Waals surface area (Å²) in [4.78, 5) is 28.5. The number of nitrogens with zero attached hydrogens (tertiary/aromatic N) is 2. The molecule has 8 nitrogen and oxygen atoms in total. The quantitative estimate of drug-likeness (QED) is 0.298. The van der Waals surface area contributed by atoms with Gasteiger partial charge < -0.3 is 15.0 Å². The predicted molar refractivity (Wildman–Crippen MR) is 158 cm³/mol. The van der Waals surface area contributed by atoms with E-state index in [2.05, 4.69) is 5.32 Å². The third-order valence-corrected chi connectivity index (χ3v) is 8.50. The van der Waals surface area contributed by atoms with Crippen molar-refractivity contribution in [2.24, 2.45) is 0 Å². The molecule has 1 N–H and O–H groups in total. The number of benzene rings is 3. The zero-order valence-electron chi connectivity index (χ0n) is 23.3. The lowest BCUT2D eigenvalue weighted by Gasteiger charge is -2.33. The zero-order valence-corrected chi connectivity index (χ0v) is 24.8. The second kappa shape index (κ2) is 14.2. The van der Waals surface area contributed by atoms with Gasteiger partial charge in [0.25, 0.3) is 10.0 Å². The van der Waals surface area contributed by atoms with Gasteiger partial charge in [-0.2, -0.15) is 0 Å². The molecule has 3 aromatic carbocycles. The van der Waals surface area contributed by atoms with Crippen LogP contribution in [0.15, 0.2) is 77.7 Å². The smallest absolute Gasteiger partial charge is 0.264 e. The van der Waals surface area contributed by atoms with Crippen LogP contribution in [0, 0.1) is 6.92 Å². The Morgan fingerprint density at radius 2 is 1.60 bits per heavy atom. The van der Waals surface area contributed by atoms with E-state index < -0.39 is 28.5 Å². The maximum Gasteiger partial charge on any atom is 0.264 e. The number of likely N-dealkylation sites (N-methyl/N-ethyl adjacent to an activating group) is 1. The van der Waals surface area contributed by atoms with Gasteiger partial charge in [-0.3, -0.25) is 13.9 Å². The second-order valence-electron chi connectivity index (χ2n) is 9.16. The third kappa shape index (κ3) is 7.55. The van der Waals surface area contributed by atoms with Crippen LogP contribution in [0.1, 0.15) is 38.3 Å². The minimum absolute atomic E-state index is 0.0141. The standard InChI is InChI=1S/C30H36ClN3O5S/c1-5-28(30(36)32-6-2)33(20-23-11-9-8-10-22(23)4)29(35)21-34(25-14-16-26(17-15-25)39-7-3)40(37,38)27-18-12-24(31)13-19-27/h8-19,28H,5-7,20-21H2,1-4H3,(H,32,36)/t28-/m0/s1. The van der Waals surface area contributed by atoms with E-state index in [1.807, 2.05) is 52.0 Å². The number of sulfonamides is 1. The van der Waals surface area contributed by atoms with Crippen molar-refractivity contribution < 1.29 is 22.7 Å². The normalized spacial score (nSPS) is 11.9. The number of nitrogens with one attached hydrogen (secondary N) is 1. The molecule has 0 aliphatic carbocycles. The Bertz CT molecular complexity index is 1400. The van der Waals surface area contributed by atoms with Crippen LogP contribution in [-0.4, -0.2) is 50.9 Å². The maximum absolute atomic E-state index is 14.0. The number of carbonyl (C=O) groups is 2. The summed E-state index contributed by atoms with van der Waals surface area (Å²) in [6.07, 6.45) is 0.358. The second-order valence-corrected chi connectivity index (χ2v) is 11.5. The fourth-order valence-electron chi connectivity index (χ4n) is 4.32. The highest BCUT2D eigenvalue weighted by molar-refractivity contribution is 7.92. The molecular weight excluding hydrogens is 550 g/mol. The number of carbonyl (C=O) groups excluding carboxylic acids is 2. The lowest BCUT2D eigenvalue weighted by atomic mass is 10.1. The highest BCUT2D eigenvalue weighted by Crippen LogP contribution is 2.27. The Hall–Kier alpha value is -3.56. The molecule has 0 radical (unpaired) electrons. The van der Waals surface area contributed by atoms with E-state index >= 15 is 0 Å². The molecule has 40 heavy (non-hydrogen) atoms. The molecule has 0 heterocycles. The molecule has 0 bridgehead atoms. The van der Waals surface area contributed by atoms with Crippen molar-refractivity contribution in [3.63, 3.8) is 0 Å². The molecule has 0 spiro atoms. The molecule has 3 aromatic rings. The van der Waals surface area contributed by atoms with Gasteiger partial charge in [-0.25, -0.2) is 8.42 Å². The average molecular weight is 586 g/mol. The first-order valence-electron chi connectivity index (χ1n) is 13.2. The van der Waals surface area contributed by atoms with Gasteiger partial charge in [-0.05, 0) is 86.8 Å². The van der Waals surface area contributed by atoms with Gasteiger partial charge in [0.1, 0.15) is 18.3 Å². The SMILES string of the molecule is CCNC(=O)[C@H](CC)N(Cc1ccccc1C)C(=O)CN(c1ccc(OCC)cc1)S(=O)(=O)c1ccc(Cl)cc1. The van der Waals surface area contributed by atoms with Crippen LogP contribution in [0.2, 0.25) is 5.02 Å². The van der Waals surface area contributed by atoms with E-state index in [0.717, 1.165) is 15.4 Å². The minimum atomic E-state index is -4.18. The van der Waals surface area contributed by atoms with E-state index in [-0.39, 0.29) is 23.0 Å². The van der Waals surface area contributed by atoms with Crippen LogP contribution in [0.4, 0.5) is 5.69 Å². The van der Waals surface area contributed by atoms with Crippen molar-refractivity contribution in [2.75, 3.05) is 24.0 Å². The highest BCUT2D eigenvalue weighted by Gasteiger charge is 2.33. The molecule has 1 atom stereocenters. The Kier molecular flexibility index (Phi) is 11.0. The lowest BCUT2D eigenvalue weighted by Crippen LogP contribution is -2.52. The molecule has 0 unspecified atom stereocenters. The first-order valence-corrected chi connectivity index (χ1v) is 15.1. The molecule has 2 amide bonds. The van der Waals surface area contributed by atoms with Gasteiger partial charge in [0.05, 0.1) is 17.2 Å². The van der Waals surface area contributed by atoms with Crippen LogP contribution in [0.25, 0.3) is 0 Å². The van der Waals surface area contributed by atoms with Crippen LogP contribution < -0.4 is 14.4 Å². The molecule has 0 aliphatic heterocycles. The van der Waals surface area contributed by atoms with Crippen molar-refractivity contribution >= 4 is 39.1 Å². The third-order valence-electron chi connectivity index (χ3n) is 6.46. The van der Waals surface area contributed by atoms with E-state index in [1.54, 1.807) is 24.3 Å². The molecule has 0 saturated carbocycles. The summed E-state index contributed by atoms with van der Waals surface area (Å²) in [5.41, 5.74) is 2.11. The number of amides is 2. The highest BCUT2D eigenvalue weighted by atomic mass is 35.5. The average Bonchev–Trinajstić information content (AvgIpc) is 2.93. The van der Waals surface area contributed by atoms with Gasteiger partial charge in [0.15, 0.2) is 0 Å². The summed E-state index contributed by atoms with van der Waals surface area (Å²) < 4.78 is 34.4. The van der Waals surface area contributed by atoms with Crippen LogP contribution >= 0.6 is 11.6 Å². The summed E-state index contributed by atoms with van der Waals surface area (Å²) in [6.45, 7) is 7.92. The Labute approximate surface area is 241 Å². The number of anilines is 1. The number of halogens is 1. The largest absolute Gasteiger partial charge is 0.494 e.